The van der Waals surface area contributed by atoms with Gasteiger partial charge in [-0.1, -0.05) is 18.2 Å². The molecule has 1 aromatic carbocycles. The maximum Gasteiger partial charge on any atom is 0.307 e. The van der Waals surface area contributed by atoms with Crippen molar-refractivity contribution in [2.24, 2.45) is 4.99 Å². The second kappa shape index (κ2) is 11.2. The normalized spacial score (nSPS) is 10.9. The van der Waals surface area contributed by atoms with Gasteiger partial charge in [0.15, 0.2) is 5.96 Å². The topological polar surface area (TPSA) is 62.7 Å². The minimum absolute atomic E-state index is 0. The first-order chi connectivity index (χ1) is 10.0. The quantitative estimate of drug-likeness (QED) is 0.320. The van der Waals surface area contributed by atoms with Crippen LogP contribution in [0.15, 0.2) is 29.3 Å². The van der Waals surface area contributed by atoms with E-state index in [4.69, 9.17) is 4.74 Å². The van der Waals surface area contributed by atoms with Crippen molar-refractivity contribution < 1.29 is 13.9 Å². The molecule has 0 heterocycles. The number of ether oxygens (including phenoxy) is 1. The summed E-state index contributed by atoms with van der Waals surface area (Å²) in [6.45, 7) is 4.34. The van der Waals surface area contributed by atoms with E-state index in [9.17, 15) is 9.18 Å². The molecule has 0 aliphatic carbocycles. The summed E-state index contributed by atoms with van der Waals surface area (Å²) >= 11 is 0. The summed E-state index contributed by atoms with van der Waals surface area (Å²) in [6, 6.07) is 6.54. The van der Waals surface area contributed by atoms with Crippen LogP contribution in [0.2, 0.25) is 0 Å². The van der Waals surface area contributed by atoms with E-state index in [1.807, 2.05) is 0 Å². The largest absolute Gasteiger partial charge is 0.463 e. The first-order valence-corrected chi connectivity index (χ1v) is 6.90. The van der Waals surface area contributed by atoms with Crippen molar-refractivity contribution in [3.05, 3.63) is 35.6 Å². The second-order valence-corrected chi connectivity index (χ2v) is 4.73. The molecule has 0 aliphatic heterocycles. The predicted molar refractivity (Wildman–Crippen MR) is 95.9 cm³/mol. The van der Waals surface area contributed by atoms with E-state index < -0.39 is 0 Å². The van der Waals surface area contributed by atoms with E-state index in [1.165, 1.54) is 6.07 Å². The van der Waals surface area contributed by atoms with E-state index in [1.54, 1.807) is 39.1 Å². The Balaban J connectivity index is 0.00000441. The van der Waals surface area contributed by atoms with Crippen LogP contribution in [0, 0.1) is 5.82 Å². The van der Waals surface area contributed by atoms with E-state index in [-0.39, 0.29) is 48.3 Å². The second-order valence-electron chi connectivity index (χ2n) is 4.73. The lowest BCUT2D eigenvalue weighted by atomic mass is 10.2. The third-order valence-electron chi connectivity index (χ3n) is 2.62. The highest BCUT2D eigenvalue weighted by Gasteiger charge is 2.06. The summed E-state index contributed by atoms with van der Waals surface area (Å²) in [4.78, 5) is 15.4. The molecule has 0 fully saturated rings. The van der Waals surface area contributed by atoms with Crippen molar-refractivity contribution in [1.29, 1.82) is 0 Å². The SMILES string of the molecule is CN=C(NCCC(=O)OC(C)C)NCc1ccccc1F.I. The van der Waals surface area contributed by atoms with Gasteiger partial charge in [-0.15, -0.1) is 24.0 Å². The molecule has 22 heavy (non-hydrogen) atoms. The highest BCUT2D eigenvalue weighted by atomic mass is 127. The number of nitrogens with zero attached hydrogens (tertiary/aromatic N) is 1. The molecule has 0 unspecified atom stereocenters. The van der Waals surface area contributed by atoms with Gasteiger partial charge in [0.25, 0.3) is 0 Å². The Bertz CT molecular complexity index is 495. The van der Waals surface area contributed by atoms with Gasteiger partial charge in [0, 0.05) is 25.7 Å². The molecule has 124 valence electrons. The summed E-state index contributed by atoms with van der Waals surface area (Å²) in [5.41, 5.74) is 0.555. The van der Waals surface area contributed by atoms with Gasteiger partial charge in [-0.2, -0.15) is 0 Å². The predicted octanol–water partition coefficient (Wildman–Crippen LogP) is 2.45. The fraction of sp³-hybridized carbons (Fsp3) is 0.467. The third-order valence-corrected chi connectivity index (χ3v) is 2.62. The van der Waals surface area contributed by atoms with E-state index >= 15 is 0 Å². The molecule has 0 spiro atoms. The van der Waals surface area contributed by atoms with Gasteiger partial charge in [0.05, 0.1) is 12.5 Å². The number of halogens is 2. The van der Waals surface area contributed by atoms with Crippen LogP contribution in [0.5, 0.6) is 0 Å². The fourth-order valence-corrected chi connectivity index (χ4v) is 1.65. The molecule has 1 aromatic rings. The lowest BCUT2D eigenvalue weighted by Crippen LogP contribution is -2.38. The Morgan fingerprint density at radius 2 is 2.00 bits per heavy atom. The first kappa shape index (κ1) is 20.6. The molecule has 0 bridgehead atoms. The average molecular weight is 423 g/mol. The number of hydrogen-bond donors (Lipinski definition) is 2. The Morgan fingerprint density at radius 3 is 2.59 bits per heavy atom. The van der Waals surface area contributed by atoms with Gasteiger partial charge in [0.2, 0.25) is 0 Å². The molecule has 0 aliphatic rings. The number of nitrogens with one attached hydrogen (secondary N) is 2. The van der Waals surface area contributed by atoms with Crippen molar-refractivity contribution in [3.63, 3.8) is 0 Å². The number of aliphatic imine (C=N–C) groups is 1. The van der Waals surface area contributed by atoms with Gasteiger partial charge in [-0.25, -0.2) is 4.39 Å². The number of carbonyl (C=O) groups is 1. The van der Waals surface area contributed by atoms with Gasteiger partial charge < -0.3 is 15.4 Å². The Kier molecular flexibility index (Phi) is 10.5. The van der Waals surface area contributed by atoms with Crippen molar-refractivity contribution >= 4 is 35.9 Å². The number of benzene rings is 1. The van der Waals surface area contributed by atoms with Crippen LogP contribution >= 0.6 is 24.0 Å². The van der Waals surface area contributed by atoms with Crippen molar-refractivity contribution in [1.82, 2.24) is 10.6 Å². The lowest BCUT2D eigenvalue weighted by Gasteiger charge is -2.12. The zero-order chi connectivity index (χ0) is 15.7. The van der Waals surface area contributed by atoms with Gasteiger partial charge in [-0.05, 0) is 19.9 Å². The molecule has 5 nitrogen and oxygen atoms in total. The third kappa shape index (κ3) is 8.16. The number of hydrogen-bond acceptors (Lipinski definition) is 3. The maximum atomic E-state index is 13.5. The highest BCUT2D eigenvalue weighted by molar-refractivity contribution is 14.0. The van der Waals surface area contributed by atoms with E-state index in [0.717, 1.165) is 0 Å². The first-order valence-electron chi connectivity index (χ1n) is 6.90. The monoisotopic (exact) mass is 423 g/mol. The van der Waals surface area contributed by atoms with Crippen LogP contribution < -0.4 is 10.6 Å². The molecule has 1 rings (SSSR count). The Hall–Kier alpha value is -1.38. The summed E-state index contributed by atoms with van der Waals surface area (Å²) in [7, 11) is 1.61. The number of guanidine groups is 1. The number of esters is 1. The van der Waals surface area contributed by atoms with Crippen LogP contribution in [-0.4, -0.2) is 31.6 Å². The summed E-state index contributed by atoms with van der Waals surface area (Å²) in [5.74, 6) is -0.0152. The summed E-state index contributed by atoms with van der Waals surface area (Å²) in [6.07, 6.45) is 0.134. The van der Waals surface area contributed by atoms with E-state index in [2.05, 4.69) is 15.6 Å². The molecule has 0 saturated heterocycles. The zero-order valence-corrected chi connectivity index (χ0v) is 15.4. The molecule has 7 heteroatoms. The van der Waals surface area contributed by atoms with Gasteiger partial charge in [0.1, 0.15) is 5.82 Å². The molecular formula is C15H23FIN3O2. The Morgan fingerprint density at radius 1 is 1.32 bits per heavy atom. The molecule has 2 N–H and O–H groups in total. The molecule has 0 amide bonds. The molecule has 0 saturated carbocycles. The number of carbonyl (C=O) groups excluding carboxylic acids is 1. The summed E-state index contributed by atoms with van der Waals surface area (Å²) < 4.78 is 18.5. The molecule has 0 radical (unpaired) electrons. The fourth-order valence-electron chi connectivity index (χ4n) is 1.65. The highest BCUT2D eigenvalue weighted by Crippen LogP contribution is 2.05. The van der Waals surface area contributed by atoms with Crippen molar-refractivity contribution in [2.45, 2.75) is 32.9 Å². The zero-order valence-electron chi connectivity index (χ0n) is 13.1. The molecular weight excluding hydrogens is 400 g/mol. The Labute approximate surface area is 147 Å². The molecule has 0 aromatic heterocycles. The van der Waals surface area contributed by atoms with Crippen LogP contribution in [0.25, 0.3) is 0 Å². The number of rotatable bonds is 6. The van der Waals surface area contributed by atoms with Crippen molar-refractivity contribution in [3.8, 4) is 0 Å². The standard InChI is InChI=1S/C15H22FN3O2.HI/c1-11(2)21-14(20)8-9-18-15(17-3)19-10-12-6-4-5-7-13(12)16;/h4-7,11H,8-10H2,1-3H3,(H2,17,18,19);1H. The van der Waals surface area contributed by atoms with Crippen LogP contribution in [-0.2, 0) is 16.1 Å². The molecule has 0 atom stereocenters. The van der Waals surface area contributed by atoms with Crippen LogP contribution in [0.4, 0.5) is 4.39 Å². The minimum Gasteiger partial charge on any atom is -0.463 e. The van der Waals surface area contributed by atoms with E-state index in [0.29, 0.717) is 24.6 Å². The summed E-state index contributed by atoms with van der Waals surface area (Å²) in [5, 5.41) is 5.97. The smallest absolute Gasteiger partial charge is 0.307 e. The minimum atomic E-state index is -0.263. The van der Waals surface area contributed by atoms with Crippen molar-refractivity contribution in [2.75, 3.05) is 13.6 Å². The van der Waals surface area contributed by atoms with Gasteiger partial charge >= 0.3 is 5.97 Å². The van der Waals surface area contributed by atoms with Gasteiger partial charge in [-0.3, -0.25) is 9.79 Å². The lowest BCUT2D eigenvalue weighted by molar-refractivity contribution is -0.147. The van der Waals surface area contributed by atoms with Crippen LogP contribution in [0.1, 0.15) is 25.8 Å². The average Bonchev–Trinajstić information content (AvgIpc) is 2.43. The van der Waals surface area contributed by atoms with Crippen LogP contribution in [0.3, 0.4) is 0 Å². The maximum absolute atomic E-state index is 13.5.